The van der Waals surface area contributed by atoms with Crippen LogP contribution in [-0.2, 0) is 0 Å². The van der Waals surface area contributed by atoms with Gasteiger partial charge in [0, 0.05) is 6.20 Å². The van der Waals surface area contributed by atoms with Crippen LogP contribution in [0.25, 0.3) is 0 Å². The lowest BCUT2D eigenvalue weighted by atomic mass is 10.1. The molecule has 4 heteroatoms. The van der Waals surface area contributed by atoms with Crippen LogP contribution in [0.3, 0.4) is 0 Å². The highest BCUT2D eigenvalue weighted by Gasteiger charge is 2.28. The maximum Gasteiger partial charge on any atom is 0.237 e. The minimum absolute atomic E-state index is 0.606. The third-order valence-electron chi connectivity index (χ3n) is 2.28. The van der Waals surface area contributed by atoms with Gasteiger partial charge in [-0.1, -0.05) is 5.92 Å². The van der Waals surface area contributed by atoms with E-state index in [9.17, 15) is 0 Å². The SMILES string of the molecule is C#CC1=CC=C2C=CN=C3N=CN=C1N23. The van der Waals surface area contributed by atoms with Crippen molar-refractivity contribution in [2.75, 3.05) is 0 Å². The summed E-state index contributed by atoms with van der Waals surface area (Å²) in [4.78, 5) is 14.2. The number of allylic oxidation sites excluding steroid dienone is 3. The second-order valence-electron chi connectivity index (χ2n) is 3.09. The van der Waals surface area contributed by atoms with E-state index in [1.54, 1.807) is 6.20 Å². The van der Waals surface area contributed by atoms with Crippen molar-refractivity contribution in [3.05, 3.63) is 35.7 Å². The van der Waals surface area contributed by atoms with Gasteiger partial charge in [-0.25, -0.2) is 15.0 Å². The molecule has 3 heterocycles. The summed E-state index contributed by atoms with van der Waals surface area (Å²) < 4.78 is 0. The molecule has 0 saturated heterocycles. The van der Waals surface area contributed by atoms with E-state index in [-0.39, 0.29) is 0 Å². The summed E-state index contributed by atoms with van der Waals surface area (Å²) in [6, 6.07) is 0. The Balaban J connectivity index is 2.24. The summed E-state index contributed by atoms with van der Waals surface area (Å²) in [7, 11) is 0. The van der Waals surface area contributed by atoms with Gasteiger partial charge < -0.3 is 0 Å². The highest BCUT2D eigenvalue weighted by molar-refractivity contribution is 6.19. The van der Waals surface area contributed by atoms with E-state index in [2.05, 4.69) is 20.9 Å². The molecule has 4 nitrogen and oxygen atoms in total. The highest BCUT2D eigenvalue weighted by atomic mass is 15.4. The zero-order chi connectivity index (χ0) is 10.3. The molecule has 0 fully saturated rings. The van der Waals surface area contributed by atoms with Gasteiger partial charge in [-0.15, -0.1) is 6.42 Å². The van der Waals surface area contributed by atoms with Crippen molar-refractivity contribution >= 4 is 18.1 Å². The van der Waals surface area contributed by atoms with Crippen molar-refractivity contribution in [2.45, 2.75) is 0 Å². The van der Waals surface area contributed by atoms with Gasteiger partial charge in [0.25, 0.3) is 0 Å². The molecule has 0 aromatic carbocycles. The Bertz CT molecular complexity index is 550. The Labute approximate surface area is 86.7 Å². The fourth-order valence-electron chi connectivity index (χ4n) is 1.61. The summed E-state index contributed by atoms with van der Waals surface area (Å²) in [5.41, 5.74) is 1.72. The van der Waals surface area contributed by atoms with Crippen LogP contribution in [0.1, 0.15) is 0 Å². The van der Waals surface area contributed by atoms with E-state index in [1.165, 1.54) is 6.34 Å². The molecule has 15 heavy (non-hydrogen) atoms. The fraction of sp³-hybridized carbons (Fsp3) is 0. The minimum Gasteiger partial charge on any atom is -0.262 e. The van der Waals surface area contributed by atoms with Crippen molar-refractivity contribution in [2.24, 2.45) is 15.0 Å². The predicted octanol–water partition coefficient (Wildman–Crippen LogP) is 1.07. The molecule has 0 saturated carbocycles. The average Bonchev–Trinajstić information content (AvgIpc) is 2.30. The molecule has 0 unspecified atom stereocenters. The van der Waals surface area contributed by atoms with Crippen LogP contribution in [-0.4, -0.2) is 23.0 Å². The van der Waals surface area contributed by atoms with Crippen LogP contribution in [0.5, 0.6) is 0 Å². The molecule has 0 atom stereocenters. The van der Waals surface area contributed by atoms with Crippen LogP contribution in [0.15, 0.2) is 50.7 Å². The van der Waals surface area contributed by atoms with Crippen molar-refractivity contribution in [3.8, 4) is 12.3 Å². The third-order valence-corrected chi connectivity index (χ3v) is 2.28. The normalized spacial score (nSPS) is 20.9. The molecule has 3 aliphatic heterocycles. The topological polar surface area (TPSA) is 40.3 Å². The number of hydrogen-bond acceptors (Lipinski definition) is 4. The Morgan fingerprint density at radius 3 is 3.07 bits per heavy atom. The fourth-order valence-corrected chi connectivity index (χ4v) is 1.61. The van der Waals surface area contributed by atoms with Gasteiger partial charge in [0.15, 0.2) is 5.84 Å². The largest absolute Gasteiger partial charge is 0.262 e. The first kappa shape index (κ1) is 7.94. The average molecular weight is 194 g/mol. The highest BCUT2D eigenvalue weighted by Crippen LogP contribution is 2.23. The van der Waals surface area contributed by atoms with Gasteiger partial charge in [0.1, 0.15) is 6.34 Å². The first-order valence-corrected chi connectivity index (χ1v) is 4.44. The molecule has 0 spiro atoms. The molecular formula is C11H6N4. The van der Waals surface area contributed by atoms with Gasteiger partial charge in [-0.05, 0) is 18.2 Å². The number of amidine groups is 1. The van der Waals surface area contributed by atoms with Crippen molar-refractivity contribution in [3.63, 3.8) is 0 Å². The Kier molecular flexibility index (Phi) is 1.48. The number of guanidine groups is 1. The smallest absolute Gasteiger partial charge is 0.237 e. The lowest BCUT2D eigenvalue weighted by Crippen LogP contribution is -2.40. The first-order valence-electron chi connectivity index (χ1n) is 4.44. The molecule has 3 rings (SSSR count). The number of aliphatic imine (C=N–C) groups is 3. The summed E-state index contributed by atoms with van der Waals surface area (Å²) in [6.07, 6.45) is 14.3. The van der Waals surface area contributed by atoms with Gasteiger partial charge in [-0.2, -0.15) is 0 Å². The van der Waals surface area contributed by atoms with E-state index in [0.29, 0.717) is 11.8 Å². The molecule has 0 aromatic heterocycles. The Morgan fingerprint density at radius 2 is 2.20 bits per heavy atom. The van der Waals surface area contributed by atoms with E-state index >= 15 is 0 Å². The summed E-state index contributed by atoms with van der Waals surface area (Å²) in [5, 5.41) is 0. The molecule has 70 valence electrons. The van der Waals surface area contributed by atoms with Crippen LogP contribution in [0.2, 0.25) is 0 Å². The predicted molar refractivity (Wildman–Crippen MR) is 59.3 cm³/mol. The van der Waals surface area contributed by atoms with Gasteiger partial charge in [0.2, 0.25) is 5.96 Å². The monoisotopic (exact) mass is 194 g/mol. The second-order valence-corrected chi connectivity index (χ2v) is 3.09. The molecule has 0 radical (unpaired) electrons. The minimum atomic E-state index is 0.606. The molecule has 0 N–H and O–H groups in total. The Hall–Kier alpha value is -2.41. The lowest BCUT2D eigenvalue weighted by molar-refractivity contribution is 0.745. The number of terminal acetylenes is 1. The summed E-state index contributed by atoms with van der Waals surface area (Å²) in [6.45, 7) is 0. The molecule has 0 aliphatic carbocycles. The maximum absolute atomic E-state index is 5.40. The maximum atomic E-state index is 5.40. The van der Waals surface area contributed by atoms with E-state index in [0.717, 1.165) is 11.3 Å². The summed E-state index contributed by atoms with van der Waals surface area (Å²) in [5.74, 6) is 3.92. The van der Waals surface area contributed by atoms with Crippen LogP contribution >= 0.6 is 0 Å². The van der Waals surface area contributed by atoms with Gasteiger partial charge in [0.05, 0.1) is 11.3 Å². The lowest BCUT2D eigenvalue weighted by Gasteiger charge is -2.31. The van der Waals surface area contributed by atoms with Gasteiger partial charge >= 0.3 is 0 Å². The quantitative estimate of drug-likeness (QED) is 0.532. The van der Waals surface area contributed by atoms with Crippen molar-refractivity contribution < 1.29 is 0 Å². The number of hydrogen-bond donors (Lipinski definition) is 0. The molecular weight excluding hydrogens is 188 g/mol. The van der Waals surface area contributed by atoms with Crippen LogP contribution in [0, 0.1) is 12.3 Å². The third kappa shape index (κ3) is 1.00. The molecule has 0 amide bonds. The molecule has 3 aliphatic rings. The van der Waals surface area contributed by atoms with Crippen molar-refractivity contribution in [1.82, 2.24) is 4.90 Å². The molecule has 0 aromatic rings. The zero-order valence-corrected chi connectivity index (χ0v) is 7.75. The number of rotatable bonds is 0. The van der Waals surface area contributed by atoms with E-state index < -0.39 is 0 Å². The van der Waals surface area contributed by atoms with Gasteiger partial charge in [-0.3, -0.25) is 4.90 Å². The van der Waals surface area contributed by atoms with Crippen LogP contribution in [0.4, 0.5) is 0 Å². The zero-order valence-electron chi connectivity index (χ0n) is 7.75. The van der Waals surface area contributed by atoms with E-state index in [1.807, 2.05) is 23.1 Å². The summed E-state index contributed by atoms with van der Waals surface area (Å²) >= 11 is 0. The van der Waals surface area contributed by atoms with Crippen molar-refractivity contribution in [1.29, 1.82) is 0 Å². The molecule has 0 bridgehead atoms. The van der Waals surface area contributed by atoms with E-state index in [4.69, 9.17) is 6.42 Å². The number of nitrogens with zero attached hydrogens (tertiary/aromatic N) is 4. The van der Waals surface area contributed by atoms with Crippen LogP contribution < -0.4 is 0 Å². The standard InChI is InChI=1S/C11H6N4/c1-2-8-3-4-9-5-6-12-11-14-7-13-10(8)15(9)11/h1,3-7H. The first-order chi connectivity index (χ1) is 7.40. The Morgan fingerprint density at radius 1 is 1.27 bits per heavy atom. The second kappa shape index (κ2) is 2.79.